The first-order valence-electron chi connectivity index (χ1n) is 7.96. The van der Waals surface area contributed by atoms with Gasteiger partial charge in [-0.25, -0.2) is 9.59 Å². The van der Waals surface area contributed by atoms with Crippen molar-refractivity contribution in [1.82, 2.24) is 4.98 Å². The molecule has 0 radical (unpaired) electrons. The van der Waals surface area contributed by atoms with Crippen molar-refractivity contribution in [2.75, 3.05) is 0 Å². The number of hydrogen-bond donors (Lipinski definition) is 1. The number of carboxylic acid groups (broad SMARTS) is 1. The van der Waals surface area contributed by atoms with E-state index in [-0.39, 0.29) is 32.8 Å². The third-order valence-corrected chi connectivity index (χ3v) is 5.24. The lowest BCUT2D eigenvalue weighted by Gasteiger charge is -2.07. The third-order valence-electron chi connectivity index (χ3n) is 4.10. The van der Waals surface area contributed by atoms with Gasteiger partial charge in [-0.3, -0.25) is 15.1 Å². The molecule has 0 fully saturated rings. The second-order valence-corrected chi connectivity index (χ2v) is 6.79. The monoisotopic (exact) mass is 394 g/mol. The Balaban J connectivity index is 1.87. The molecule has 9 heteroatoms. The Morgan fingerprint density at radius 1 is 1.11 bits per heavy atom. The average Bonchev–Trinajstić information content (AvgIpc) is 3.05. The van der Waals surface area contributed by atoms with Crippen LogP contribution in [0.25, 0.3) is 21.0 Å². The standard InChI is InChI=1S/C19H10N2O6S/c22-18(23)17-16(10-4-1-2-7-14(10)28-17)27-19(24)11-8-9-20-12-5-3-6-13(15(11)12)21(25)26/h1-9H,(H,22,23). The van der Waals surface area contributed by atoms with Gasteiger partial charge in [0.15, 0.2) is 10.6 Å². The van der Waals surface area contributed by atoms with Crippen LogP contribution in [0.1, 0.15) is 20.0 Å². The van der Waals surface area contributed by atoms with E-state index < -0.39 is 16.9 Å². The molecule has 0 saturated heterocycles. The number of non-ortho nitro benzene ring substituents is 1. The highest BCUT2D eigenvalue weighted by molar-refractivity contribution is 7.21. The molecule has 0 atom stereocenters. The molecule has 0 aliphatic rings. The Hall–Kier alpha value is -3.85. The number of nitro benzene ring substituents is 1. The number of nitrogens with zero attached hydrogens (tertiary/aromatic N) is 2. The van der Waals surface area contributed by atoms with E-state index in [1.807, 2.05) is 0 Å². The van der Waals surface area contributed by atoms with Gasteiger partial charge in [0, 0.05) is 22.3 Å². The predicted molar refractivity (Wildman–Crippen MR) is 102 cm³/mol. The lowest BCUT2D eigenvalue weighted by Crippen LogP contribution is -2.12. The summed E-state index contributed by atoms with van der Waals surface area (Å²) < 4.78 is 6.08. The summed E-state index contributed by atoms with van der Waals surface area (Å²) in [5, 5.41) is 21.3. The van der Waals surface area contributed by atoms with Gasteiger partial charge in [0.1, 0.15) is 0 Å². The minimum atomic E-state index is -1.23. The quantitative estimate of drug-likeness (QED) is 0.312. The summed E-state index contributed by atoms with van der Waals surface area (Å²) in [6.45, 7) is 0. The number of carboxylic acids is 1. The van der Waals surface area contributed by atoms with Crippen molar-refractivity contribution in [3.05, 3.63) is 75.3 Å². The van der Waals surface area contributed by atoms with E-state index in [2.05, 4.69) is 4.98 Å². The maximum absolute atomic E-state index is 12.9. The van der Waals surface area contributed by atoms with Gasteiger partial charge < -0.3 is 9.84 Å². The molecule has 4 rings (SSSR count). The van der Waals surface area contributed by atoms with Crippen LogP contribution in [0.3, 0.4) is 0 Å². The Bertz CT molecular complexity index is 1270. The molecule has 4 aromatic rings. The molecule has 0 unspecified atom stereocenters. The van der Waals surface area contributed by atoms with Crippen molar-refractivity contribution in [1.29, 1.82) is 0 Å². The van der Waals surface area contributed by atoms with Gasteiger partial charge in [-0.1, -0.05) is 18.2 Å². The molecule has 0 aliphatic heterocycles. The number of aromatic carboxylic acids is 1. The van der Waals surface area contributed by atoms with E-state index in [0.717, 1.165) is 11.3 Å². The number of esters is 1. The summed E-state index contributed by atoms with van der Waals surface area (Å²) in [6.07, 6.45) is 1.34. The van der Waals surface area contributed by atoms with Crippen LogP contribution in [-0.4, -0.2) is 27.0 Å². The summed E-state index contributed by atoms with van der Waals surface area (Å²) in [6, 6.07) is 12.4. The first kappa shape index (κ1) is 17.6. The molecule has 8 nitrogen and oxygen atoms in total. The predicted octanol–water partition coefficient (Wildman–Crippen LogP) is 4.28. The maximum atomic E-state index is 12.9. The van der Waals surface area contributed by atoms with Crippen molar-refractivity contribution < 1.29 is 24.4 Å². The highest BCUT2D eigenvalue weighted by atomic mass is 32.1. The normalized spacial score (nSPS) is 10.9. The molecule has 1 N–H and O–H groups in total. The lowest BCUT2D eigenvalue weighted by molar-refractivity contribution is -0.383. The molecular weight excluding hydrogens is 384 g/mol. The van der Waals surface area contributed by atoms with E-state index in [0.29, 0.717) is 10.1 Å². The van der Waals surface area contributed by atoms with Crippen LogP contribution in [0.4, 0.5) is 5.69 Å². The SMILES string of the molecule is O=C(O)c1sc2ccccc2c1OC(=O)c1ccnc2cccc([N+](=O)[O-])c12. The molecule has 0 spiro atoms. The topological polar surface area (TPSA) is 120 Å². The summed E-state index contributed by atoms with van der Waals surface area (Å²) in [5.74, 6) is -2.20. The zero-order valence-electron chi connectivity index (χ0n) is 14.0. The Morgan fingerprint density at radius 3 is 2.64 bits per heavy atom. The van der Waals surface area contributed by atoms with Crippen molar-refractivity contribution in [3.8, 4) is 5.75 Å². The maximum Gasteiger partial charge on any atom is 0.349 e. The number of aromatic nitrogens is 1. The van der Waals surface area contributed by atoms with Gasteiger partial charge in [0.05, 0.1) is 21.4 Å². The summed E-state index contributed by atoms with van der Waals surface area (Å²) in [5.41, 5.74) is -0.0904. The number of nitro groups is 1. The van der Waals surface area contributed by atoms with Crippen LogP contribution in [0.2, 0.25) is 0 Å². The van der Waals surface area contributed by atoms with E-state index in [9.17, 15) is 24.8 Å². The van der Waals surface area contributed by atoms with E-state index in [1.54, 1.807) is 30.3 Å². The number of thiophene rings is 1. The fourth-order valence-electron chi connectivity index (χ4n) is 2.92. The smallest absolute Gasteiger partial charge is 0.349 e. The number of carbonyl (C=O) groups excluding carboxylic acids is 1. The Kier molecular flexibility index (Phi) is 4.21. The van der Waals surface area contributed by atoms with E-state index >= 15 is 0 Å². The van der Waals surface area contributed by atoms with Crippen molar-refractivity contribution in [3.63, 3.8) is 0 Å². The minimum absolute atomic E-state index is 0.0383. The van der Waals surface area contributed by atoms with E-state index in [1.165, 1.54) is 24.4 Å². The second kappa shape index (κ2) is 6.71. The molecule has 0 aliphatic carbocycles. The van der Waals surface area contributed by atoms with Crippen LogP contribution in [-0.2, 0) is 0 Å². The third kappa shape index (κ3) is 2.83. The summed E-state index contributed by atoms with van der Waals surface area (Å²) >= 11 is 0.984. The first-order chi connectivity index (χ1) is 13.5. The van der Waals surface area contributed by atoms with Crippen LogP contribution in [0, 0.1) is 10.1 Å². The van der Waals surface area contributed by atoms with Gasteiger partial charge in [-0.15, -0.1) is 11.3 Å². The van der Waals surface area contributed by atoms with Crippen LogP contribution < -0.4 is 4.74 Å². The Morgan fingerprint density at radius 2 is 1.89 bits per heavy atom. The first-order valence-corrected chi connectivity index (χ1v) is 8.78. The van der Waals surface area contributed by atoms with Crippen molar-refractivity contribution in [2.45, 2.75) is 0 Å². The molecular formula is C19H10N2O6S. The lowest BCUT2D eigenvalue weighted by atomic mass is 10.1. The van der Waals surface area contributed by atoms with Gasteiger partial charge in [0.2, 0.25) is 0 Å². The molecule has 138 valence electrons. The molecule has 28 heavy (non-hydrogen) atoms. The number of carbonyl (C=O) groups is 2. The van der Waals surface area contributed by atoms with Crippen molar-refractivity contribution >= 4 is 50.0 Å². The highest BCUT2D eigenvalue weighted by Crippen LogP contribution is 2.38. The Labute approximate surface area is 160 Å². The second-order valence-electron chi connectivity index (χ2n) is 5.74. The molecule has 2 aromatic carbocycles. The molecule has 0 amide bonds. The van der Waals surface area contributed by atoms with Gasteiger partial charge in [-0.05, 0) is 24.3 Å². The summed E-state index contributed by atoms with van der Waals surface area (Å²) in [4.78, 5) is 39.1. The number of benzene rings is 2. The number of rotatable bonds is 4. The van der Waals surface area contributed by atoms with Gasteiger partial charge in [0.25, 0.3) is 5.69 Å². The fourth-order valence-corrected chi connectivity index (χ4v) is 3.89. The van der Waals surface area contributed by atoms with Crippen LogP contribution in [0.5, 0.6) is 5.75 Å². The summed E-state index contributed by atoms with van der Waals surface area (Å²) in [7, 11) is 0. The minimum Gasteiger partial charge on any atom is -0.477 e. The van der Waals surface area contributed by atoms with Crippen LogP contribution >= 0.6 is 11.3 Å². The largest absolute Gasteiger partial charge is 0.477 e. The zero-order valence-corrected chi connectivity index (χ0v) is 14.8. The molecule has 2 heterocycles. The molecule has 0 bridgehead atoms. The molecule has 0 saturated carbocycles. The highest BCUT2D eigenvalue weighted by Gasteiger charge is 2.25. The average molecular weight is 394 g/mol. The number of pyridine rings is 1. The van der Waals surface area contributed by atoms with Gasteiger partial charge >= 0.3 is 11.9 Å². The fraction of sp³-hybridized carbons (Fsp3) is 0. The van der Waals surface area contributed by atoms with Crippen molar-refractivity contribution in [2.24, 2.45) is 0 Å². The number of fused-ring (bicyclic) bond motifs is 2. The number of hydrogen-bond acceptors (Lipinski definition) is 7. The molecule has 2 aromatic heterocycles. The number of ether oxygens (including phenoxy) is 1. The van der Waals surface area contributed by atoms with Gasteiger partial charge in [-0.2, -0.15) is 0 Å². The zero-order chi connectivity index (χ0) is 19.8. The van der Waals surface area contributed by atoms with E-state index in [4.69, 9.17) is 4.74 Å². The van der Waals surface area contributed by atoms with Crippen LogP contribution in [0.15, 0.2) is 54.7 Å².